The summed E-state index contributed by atoms with van der Waals surface area (Å²) in [5, 5.41) is 0. The highest BCUT2D eigenvalue weighted by Crippen LogP contribution is 2.43. The van der Waals surface area contributed by atoms with E-state index in [9.17, 15) is 0 Å². The van der Waals surface area contributed by atoms with Crippen LogP contribution in [0.5, 0.6) is 23.0 Å². The number of nitrogens with zero attached hydrogens (tertiary/aromatic N) is 2. The summed E-state index contributed by atoms with van der Waals surface area (Å²) in [5.41, 5.74) is 2.91. The molecular weight excluding hydrogens is 348 g/mol. The molecule has 0 bridgehead atoms. The number of aryl methyl sites for hydroxylation is 2. The molecule has 0 unspecified atom stereocenters. The zero-order valence-corrected chi connectivity index (χ0v) is 15.9. The lowest BCUT2D eigenvalue weighted by atomic mass is 10.1. The molecule has 0 fully saturated rings. The van der Waals surface area contributed by atoms with Crippen LogP contribution >= 0.6 is 0 Å². The van der Waals surface area contributed by atoms with Crippen LogP contribution < -0.4 is 9.47 Å². The molecule has 4 heteroatoms. The van der Waals surface area contributed by atoms with E-state index in [1.165, 1.54) is 11.1 Å². The first-order valence-corrected chi connectivity index (χ1v) is 9.13. The summed E-state index contributed by atoms with van der Waals surface area (Å²) in [5.74, 6) is 2.11. The zero-order valence-electron chi connectivity index (χ0n) is 15.9. The topological polar surface area (TPSA) is 27.2 Å². The average molecular weight is 368 g/mol. The number of rotatable bonds is 6. The molecule has 0 aliphatic carbocycles. The third kappa shape index (κ3) is 4.31. The van der Waals surface area contributed by atoms with Crippen LogP contribution in [0.2, 0.25) is 0 Å². The van der Waals surface area contributed by atoms with Crippen LogP contribution in [0.1, 0.15) is 25.0 Å². The Hall–Kier alpha value is -3.76. The molecule has 0 heterocycles. The first kappa shape index (κ1) is 19.0. The predicted octanol–water partition coefficient (Wildman–Crippen LogP) is 7.50. The lowest BCUT2D eigenvalue weighted by molar-refractivity contribution is 0.419. The van der Waals surface area contributed by atoms with Crippen LogP contribution in [0.15, 0.2) is 60.7 Å². The van der Waals surface area contributed by atoms with Gasteiger partial charge < -0.3 is 9.47 Å². The molecule has 0 N–H and O–H groups in total. The van der Waals surface area contributed by atoms with Gasteiger partial charge in [0.05, 0.1) is 13.1 Å². The van der Waals surface area contributed by atoms with Crippen molar-refractivity contribution < 1.29 is 9.47 Å². The Labute approximate surface area is 165 Å². The Morgan fingerprint density at radius 3 is 1.29 bits per heavy atom. The minimum absolute atomic E-state index is 0.240. The number of hydrogen-bond donors (Lipinski definition) is 0. The van der Waals surface area contributed by atoms with Crippen molar-refractivity contribution in [2.75, 3.05) is 0 Å². The van der Waals surface area contributed by atoms with Gasteiger partial charge in [0.15, 0.2) is 22.9 Å². The summed E-state index contributed by atoms with van der Waals surface area (Å²) in [6, 6.07) is 18.7. The Bertz CT molecular complexity index is 954. The predicted molar refractivity (Wildman–Crippen MR) is 111 cm³/mol. The molecule has 0 saturated heterocycles. The fourth-order valence-electron chi connectivity index (χ4n) is 2.72. The highest BCUT2D eigenvalue weighted by molar-refractivity contribution is 5.76. The highest BCUT2D eigenvalue weighted by atomic mass is 16.5. The summed E-state index contributed by atoms with van der Waals surface area (Å²) in [6.45, 7) is 18.9. The zero-order chi connectivity index (χ0) is 19.9. The average Bonchev–Trinajstić information content (AvgIpc) is 2.75. The molecule has 0 atom stereocenters. The molecule has 0 aromatic heterocycles. The van der Waals surface area contributed by atoms with Gasteiger partial charge in [-0.1, -0.05) is 38.1 Å². The maximum Gasteiger partial charge on any atom is 0.198 e. The number of benzene rings is 3. The molecule has 0 saturated carbocycles. The van der Waals surface area contributed by atoms with Crippen molar-refractivity contribution in [2.45, 2.75) is 26.7 Å². The van der Waals surface area contributed by atoms with Crippen molar-refractivity contribution in [3.8, 4) is 23.0 Å². The van der Waals surface area contributed by atoms with Crippen molar-refractivity contribution in [1.82, 2.24) is 0 Å². The van der Waals surface area contributed by atoms with E-state index in [2.05, 4.69) is 23.5 Å². The van der Waals surface area contributed by atoms with E-state index in [0.717, 1.165) is 12.8 Å². The molecule has 0 aliphatic heterocycles. The van der Waals surface area contributed by atoms with E-state index in [1.807, 2.05) is 48.5 Å². The molecule has 0 amide bonds. The normalized spacial score (nSPS) is 10.0. The van der Waals surface area contributed by atoms with Gasteiger partial charge in [0.2, 0.25) is 0 Å². The van der Waals surface area contributed by atoms with Gasteiger partial charge in [-0.3, -0.25) is 0 Å². The standard InChI is InChI=1S/C24H20N2O2/c1-5-17-7-11-19(12-8-17)27-23-15-21(25-3)22(26-4)16-24(23)28-20-13-9-18(6-2)10-14-20/h7-16H,5-6H2,1-2H3. The van der Waals surface area contributed by atoms with Crippen LogP contribution in [-0.4, -0.2) is 0 Å². The van der Waals surface area contributed by atoms with Crippen LogP contribution in [-0.2, 0) is 12.8 Å². The summed E-state index contributed by atoms with van der Waals surface area (Å²) < 4.78 is 12.0. The van der Waals surface area contributed by atoms with Gasteiger partial charge >= 0.3 is 0 Å². The first-order valence-electron chi connectivity index (χ1n) is 9.13. The van der Waals surface area contributed by atoms with Gasteiger partial charge in [-0.2, -0.15) is 0 Å². The van der Waals surface area contributed by atoms with Gasteiger partial charge in [0.1, 0.15) is 11.5 Å². The third-order valence-electron chi connectivity index (χ3n) is 4.40. The van der Waals surface area contributed by atoms with Crippen molar-refractivity contribution in [1.29, 1.82) is 0 Å². The molecule has 0 aliphatic rings. The Balaban J connectivity index is 1.98. The second kappa shape index (κ2) is 8.75. The fourth-order valence-corrected chi connectivity index (χ4v) is 2.72. The van der Waals surface area contributed by atoms with Crippen molar-refractivity contribution >= 4 is 11.4 Å². The van der Waals surface area contributed by atoms with Crippen LogP contribution in [0, 0.1) is 13.1 Å². The monoisotopic (exact) mass is 368 g/mol. The smallest absolute Gasteiger partial charge is 0.198 e. The van der Waals surface area contributed by atoms with E-state index < -0.39 is 0 Å². The maximum absolute atomic E-state index is 7.34. The third-order valence-corrected chi connectivity index (χ3v) is 4.40. The molecule has 3 aromatic rings. The molecule has 138 valence electrons. The number of ether oxygens (including phenoxy) is 2. The van der Waals surface area contributed by atoms with Gasteiger partial charge in [0, 0.05) is 0 Å². The molecule has 3 aromatic carbocycles. The largest absolute Gasteiger partial charge is 0.455 e. The second-order valence-electron chi connectivity index (χ2n) is 6.21. The summed E-state index contributed by atoms with van der Waals surface area (Å²) in [6.07, 6.45) is 1.90. The SMILES string of the molecule is [C-]#[N+]c1cc(Oc2ccc(CC)cc2)c(Oc2ccc(CC)cc2)cc1[N+]#[C-]. The molecule has 0 radical (unpaired) electrons. The first-order chi connectivity index (χ1) is 13.7. The Morgan fingerprint density at radius 2 is 1.00 bits per heavy atom. The Kier molecular flexibility index (Phi) is 5.94. The van der Waals surface area contributed by atoms with Gasteiger partial charge in [-0.05, 0) is 60.4 Å². The van der Waals surface area contributed by atoms with E-state index in [1.54, 1.807) is 12.1 Å². The van der Waals surface area contributed by atoms with E-state index in [0.29, 0.717) is 23.0 Å². The minimum Gasteiger partial charge on any atom is -0.455 e. The highest BCUT2D eigenvalue weighted by Gasteiger charge is 2.14. The second-order valence-corrected chi connectivity index (χ2v) is 6.21. The lowest BCUT2D eigenvalue weighted by Crippen LogP contribution is -1.91. The minimum atomic E-state index is 0.240. The maximum atomic E-state index is 7.34. The summed E-state index contributed by atoms with van der Waals surface area (Å²) in [7, 11) is 0. The van der Waals surface area contributed by atoms with Gasteiger partial charge in [-0.25, -0.2) is 9.69 Å². The van der Waals surface area contributed by atoms with Crippen LogP contribution in [0.3, 0.4) is 0 Å². The van der Waals surface area contributed by atoms with Crippen LogP contribution in [0.25, 0.3) is 9.69 Å². The lowest BCUT2D eigenvalue weighted by Gasteiger charge is -2.14. The van der Waals surface area contributed by atoms with Crippen molar-refractivity contribution in [2.24, 2.45) is 0 Å². The Morgan fingerprint density at radius 1 is 0.643 bits per heavy atom. The van der Waals surface area contributed by atoms with Crippen molar-refractivity contribution in [3.05, 3.63) is 94.6 Å². The van der Waals surface area contributed by atoms with E-state index in [4.69, 9.17) is 22.6 Å². The molecular formula is C24H20N2O2. The van der Waals surface area contributed by atoms with Gasteiger partial charge in [0.25, 0.3) is 0 Å². The van der Waals surface area contributed by atoms with Crippen LogP contribution in [0.4, 0.5) is 11.4 Å². The molecule has 0 spiro atoms. The van der Waals surface area contributed by atoms with E-state index >= 15 is 0 Å². The quantitative estimate of drug-likeness (QED) is 0.421. The van der Waals surface area contributed by atoms with Gasteiger partial charge in [-0.15, -0.1) is 0 Å². The molecule has 28 heavy (non-hydrogen) atoms. The van der Waals surface area contributed by atoms with Crippen molar-refractivity contribution in [3.63, 3.8) is 0 Å². The molecule has 4 nitrogen and oxygen atoms in total. The number of hydrogen-bond acceptors (Lipinski definition) is 2. The summed E-state index contributed by atoms with van der Waals surface area (Å²) in [4.78, 5) is 6.89. The van der Waals surface area contributed by atoms with E-state index in [-0.39, 0.29) is 11.4 Å². The fraction of sp³-hybridized carbons (Fsp3) is 0.167. The molecule has 3 rings (SSSR count). The summed E-state index contributed by atoms with van der Waals surface area (Å²) >= 11 is 0.